The van der Waals surface area contributed by atoms with Crippen LogP contribution in [0, 0.1) is 5.92 Å². The highest BCUT2D eigenvalue weighted by molar-refractivity contribution is 5.80. The van der Waals surface area contributed by atoms with E-state index in [1.807, 2.05) is 26.8 Å². The zero-order valence-corrected chi connectivity index (χ0v) is 15.7. The third-order valence-corrected chi connectivity index (χ3v) is 4.81. The molecule has 0 saturated heterocycles. The van der Waals surface area contributed by atoms with E-state index in [2.05, 4.69) is 15.4 Å². The standard InChI is InChI=1S/C19H25N3O4/c1-19(2,3)26-18(24)12-7-5-11(6-8-12)13-9-14-15(10-16(13)25-4)20-22-21-17(14)23/h9-12H,5-8H2,1-4H3,(H,20,21,23). The first kappa shape index (κ1) is 18.4. The Kier molecular flexibility index (Phi) is 4.98. The molecule has 1 fully saturated rings. The largest absolute Gasteiger partial charge is 0.496 e. The highest BCUT2D eigenvalue weighted by atomic mass is 16.6. The molecule has 0 spiro atoms. The Labute approximate surface area is 152 Å². The average molecular weight is 359 g/mol. The van der Waals surface area contributed by atoms with Crippen molar-refractivity contribution in [3.63, 3.8) is 0 Å². The van der Waals surface area contributed by atoms with Gasteiger partial charge in [-0.3, -0.25) is 9.59 Å². The van der Waals surface area contributed by atoms with E-state index in [4.69, 9.17) is 9.47 Å². The zero-order chi connectivity index (χ0) is 18.9. The van der Waals surface area contributed by atoms with Crippen LogP contribution in [0.3, 0.4) is 0 Å². The van der Waals surface area contributed by atoms with Crippen LogP contribution in [0.25, 0.3) is 10.9 Å². The lowest BCUT2D eigenvalue weighted by Gasteiger charge is -2.30. The van der Waals surface area contributed by atoms with Crippen LogP contribution in [0.15, 0.2) is 16.9 Å². The molecule has 0 aliphatic heterocycles. The minimum atomic E-state index is -0.461. The zero-order valence-electron chi connectivity index (χ0n) is 15.7. The number of hydrogen-bond donors (Lipinski definition) is 1. The van der Waals surface area contributed by atoms with Crippen molar-refractivity contribution in [2.75, 3.05) is 7.11 Å². The summed E-state index contributed by atoms with van der Waals surface area (Å²) in [5, 5.41) is 10.4. The minimum Gasteiger partial charge on any atom is -0.496 e. The Hall–Kier alpha value is -2.44. The van der Waals surface area contributed by atoms with E-state index in [0.717, 1.165) is 31.2 Å². The molecule has 7 heteroatoms. The molecule has 0 radical (unpaired) electrons. The van der Waals surface area contributed by atoms with Gasteiger partial charge >= 0.3 is 5.97 Å². The van der Waals surface area contributed by atoms with Crippen LogP contribution in [0.1, 0.15) is 57.9 Å². The van der Waals surface area contributed by atoms with E-state index in [0.29, 0.717) is 16.7 Å². The van der Waals surface area contributed by atoms with Crippen LogP contribution in [0.2, 0.25) is 0 Å². The maximum absolute atomic E-state index is 12.3. The number of rotatable bonds is 3. The molecular formula is C19H25N3O4. The normalized spacial score (nSPS) is 20.8. The molecular weight excluding hydrogens is 334 g/mol. The van der Waals surface area contributed by atoms with Gasteiger partial charge in [0.1, 0.15) is 16.9 Å². The number of aromatic nitrogens is 3. The molecule has 2 aromatic rings. The molecule has 26 heavy (non-hydrogen) atoms. The molecule has 0 unspecified atom stereocenters. The number of hydrogen-bond acceptors (Lipinski definition) is 6. The van der Waals surface area contributed by atoms with Gasteiger partial charge in [-0.1, -0.05) is 5.21 Å². The second-order valence-electron chi connectivity index (χ2n) is 7.83. The summed E-state index contributed by atoms with van der Waals surface area (Å²) >= 11 is 0. The Morgan fingerprint density at radius 2 is 1.88 bits per heavy atom. The number of H-pyrrole nitrogens is 1. The quantitative estimate of drug-likeness (QED) is 0.847. The van der Waals surface area contributed by atoms with Crippen molar-refractivity contribution in [3.05, 3.63) is 28.0 Å². The second kappa shape index (κ2) is 7.05. The number of fused-ring (bicyclic) bond motifs is 1. The Morgan fingerprint density at radius 1 is 1.19 bits per heavy atom. The molecule has 3 rings (SSSR count). The highest BCUT2D eigenvalue weighted by Gasteiger charge is 2.31. The van der Waals surface area contributed by atoms with Crippen molar-refractivity contribution in [3.8, 4) is 5.75 Å². The first-order valence-electron chi connectivity index (χ1n) is 8.94. The van der Waals surface area contributed by atoms with E-state index in [-0.39, 0.29) is 23.4 Å². The fourth-order valence-corrected chi connectivity index (χ4v) is 3.56. The van der Waals surface area contributed by atoms with Gasteiger partial charge in [-0.25, -0.2) is 5.10 Å². The first-order valence-corrected chi connectivity index (χ1v) is 8.94. The summed E-state index contributed by atoms with van der Waals surface area (Å²) in [6, 6.07) is 3.60. The third-order valence-electron chi connectivity index (χ3n) is 4.81. The molecule has 1 heterocycles. The summed E-state index contributed by atoms with van der Waals surface area (Å²) < 4.78 is 11.0. The molecule has 140 valence electrons. The predicted molar refractivity (Wildman–Crippen MR) is 97.3 cm³/mol. The lowest BCUT2D eigenvalue weighted by atomic mass is 9.78. The van der Waals surface area contributed by atoms with Gasteiger partial charge in [0, 0.05) is 6.07 Å². The van der Waals surface area contributed by atoms with Gasteiger partial charge < -0.3 is 9.47 Å². The number of nitrogens with one attached hydrogen (secondary N) is 1. The minimum absolute atomic E-state index is 0.0637. The lowest BCUT2D eigenvalue weighted by molar-refractivity contribution is -0.161. The lowest BCUT2D eigenvalue weighted by Crippen LogP contribution is -2.30. The number of ether oxygens (including phenoxy) is 2. The van der Waals surface area contributed by atoms with Crippen LogP contribution < -0.4 is 10.3 Å². The Morgan fingerprint density at radius 3 is 2.50 bits per heavy atom. The monoisotopic (exact) mass is 359 g/mol. The van der Waals surface area contributed by atoms with Crippen LogP contribution in [-0.2, 0) is 9.53 Å². The first-order chi connectivity index (χ1) is 12.3. The molecule has 1 saturated carbocycles. The number of methoxy groups -OCH3 is 1. The Balaban J connectivity index is 1.80. The summed E-state index contributed by atoms with van der Waals surface area (Å²) in [5.41, 5.74) is 0.775. The van der Waals surface area contributed by atoms with Crippen LogP contribution in [0.4, 0.5) is 0 Å². The maximum Gasteiger partial charge on any atom is 0.309 e. The van der Waals surface area contributed by atoms with Gasteiger partial charge in [-0.05, 0) is 64.0 Å². The SMILES string of the molecule is COc1cc2nn[nH]c(=O)c2cc1C1CCC(C(=O)OC(C)(C)C)CC1. The molecule has 1 aliphatic rings. The predicted octanol–water partition coefficient (Wildman–Crippen LogP) is 2.94. The van der Waals surface area contributed by atoms with Gasteiger partial charge in [0.25, 0.3) is 5.56 Å². The van der Waals surface area contributed by atoms with Crippen LogP contribution in [-0.4, -0.2) is 34.1 Å². The second-order valence-corrected chi connectivity index (χ2v) is 7.83. The molecule has 0 bridgehead atoms. The van der Waals surface area contributed by atoms with Crippen molar-refractivity contribution in [2.24, 2.45) is 5.92 Å². The van der Waals surface area contributed by atoms with Crippen LogP contribution >= 0.6 is 0 Å². The van der Waals surface area contributed by atoms with Gasteiger partial charge in [0.05, 0.1) is 18.4 Å². The van der Waals surface area contributed by atoms with Crippen LogP contribution in [0.5, 0.6) is 5.75 Å². The van der Waals surface area contributed by atoms with Gasteiger partial charge in [0.2, 0.25) is 0 Å². The summed E-state index contributed by atoms with van der Waals surface area (Å²) in [6.07, 6.45) is 3.24. The number of carbonyl (C=O) groups excluding carboxylic acids is 1. The fraction of sp³-hybridized carbons (Fsp3) is 0.579. The van der Waals surface area contributed by atoms with Crippen molar-refractivity contribution in [1.29, 1.82) is 0 Å². The topological polar surface area (TPSA) is 94.2 Å². The van der Waals surface area contributed by atoms with Crippen molar-refractivity contribution in [2.45, 2.75) is 58.0 Å². The van der Waals surface area contributed by atoms with Gasteiger partial charge in [-0.2, -0.15) is 0 Å². The summed E-state index contributed by atoms with van der Waals surface area (Å²) in [5.74, 6) is 0.762. The molecule has 0 amide bonds. The van der Waals surface area contributed by atoms with E-state index < -0.39 is 5.60 Å². The third kappa shape index (κ3) is 3.86. The molecule has 1 aromatic carbocycles. The van der Waals surface area contributed by atoms with E-state index in [9.17, 15) is 9.59 Å². The average Bonchev–Trinajstić information content (AvgIpc) is 2.60. The number of benzene rings is 1. The maximum atomic E-state index is 12.3. The van der Waals surface area contributed by atoms with Crippen molar-refractivity contribution < 1.29 is 14.3 Å². The highest BCUT2D eigenvalue weighted by Crippen LogP contribution is 2.41. The number of carbonyl (C=O) groups is 1. The molecule has 0 atom stereocenters. The summed E-state index contributed by atoms with van der Waals surface area (Å²) in [4.78, 5) is 24.3. The van der Waals surface area contributed by atoms with Crippen molar-refractivity contribution >= 4 is 16.9 Å². The Bertz CT molecular complexity index is 861. The molecule has 7 nitrogen and oxygen atoms in total. The number of esters is 1. The van der Waals surface area contributed by atoms with E-state index >= 15 is 0 Å². The van der Waals surface area contributed by atoms with Gasteiger partial charge in [-0.15, -0.1) is 5.10 Å². The van der Waals surface area contributed by atoms with E-state index in [1.54, 1.807) is 13.2 Å². The molecule has 1 N–H and O–H groups in total. The fourth-order valence-electron chi connectivity index (χ4n) is 3.56. The molecule has 1 aromatic heterocycles. The summed E-state index contributed by atoms with van der Waals surface area (Å²) in [6.45, 7) is 5.66. The van der Waals surface area contributed by atoms with Crippen molar-refractivity contribution in [1.82, 2.24) is 15.4 Å². The smallest absolute Gasteiger partial charge is 0.309 e. The number of aromatic amines is 1. The molecule has 1 aliphatic carbocycles. The van der Waals surface area contributed by atoms with Gasteiger partial charge in [0.15, 0.2) is 0 Å². The summed E-state index contributed by atoms with van der Waals surface area (Å²) in [7, 11) is 1.61. The van der Waals surface area contributed by atoms with E-state index in [1.165, 1.54) is 0 Å². The number of nitrogens with zero attached hydrogens (tertiary/aromatic N) is 2.